The fourth-order valence-corrected chi connectivity index (χ4v) is 10.6. The van der Waals surface area contributed by atoms with Gasteiger partial charge in [0.2, 0.25) is 0 Å². The summed E-state index contributed by atoms with van der Waals surface area (Å²) in [5.74, 6) is 5.87. The fourth-order valence-electron chi connectivity index (χ4n) is 8.75. The van der Waals surface area contributed by atoms with Gasteiger partial charge in [0.25, 0.3) is 5.91 Å². The van der Waals surface area contributed by atoms with Gasteiger partial charge in [-0.3, -0.25) is 9.52 Å². The minimum Gasteiger partial charge on any atom is -0.490 e. The zero-order valence-corrected chi connectivity index (χ0v) is 29.9. The largest absolute Gasteiger partial charge is 0.490 e. The molecule has 48 heavy (non-hydrogen) atoms. The molecule has 1 N–H and O–H groups in total. The Hall–Kier alpha value is -2.52. The molecular formula is C39H51ClN2O5S. The molecule has 6 atom stereocenters. The summed E-state index contributed by atoms with van der Waals surface area (Å²) in [7, 11) is -2.88. The SMILES string of the molecule is C=S1(=O)NC(=O)c2ccc3c(c2)N(C[C@@H]2CC[C@H]2[C@@H](OCC2CCOCC2)/C=C/CC[C@H]1CC)C[C@@]1(CCCc2cc(Cl)ccc21)CO3. The van der Waals surface area contributed by atoms with Gasteiger partial charge < -0.3 is 19.1 Å². The van der Waals surface area contributed by atoms with E-state index in [9.17, 15) is 9.00 Å². The van der Waals surface area contributed by atoms with Gasteiger partial charge in [-0.1, -0.05) is 36.7 Å². The van der Waals surface area contributed by atoms with Crippen molar-refractivity contribution in [3.63, 3.8) is 0 Å². The maximum absolute atomic E-state index is 13.9. The summed E-state index contributed by atoms with van der Waals surface area (Å²) in [6, 6.07) is 12.0. The first-order valence-corrected chi connectivity index (χ1v) is 20.3. The molecule has 0 radical (unpaired) electrons. The van der Waals surface area contributed by atoms with Gasteiger partial charge >= 0.3 is 0 Å². The highest BCUT2D eigenvalue weighted by Gasteiger charge is 2.44. The molecule has 1 saturated carbocycles. The number of hydrogen-bond acceptors (Lipinski definition) is 6. The predicted molar refractivity (Wildman–Crippen MR) is 195 cm³/mol. The van der Waals surface area contributed by atoms with Crippen LogP contribution in [0.5, 0.6) is 5.75 Å². The molecule has 0 aromatic heterocycles. The first kappa shape index (κ1) is 34.0. The number of nitrogens with one attached hydrogen (secondary N) is 1. The Balaban J connectivity index is 1.25. The maximum Gasteiger partial charge on any atom is 0.262 e. The first-order valence-electron chi connectivity index (χ1n) is 18.1. The van der Waals surface area contributed by atoms with Crippen LogP contribution in [0.25, 0.3) is 0 Å². The number of allylic oxidation sites excluding steroid dienone is 1. The van der Waals surface area contributed by atoms with E-state index in [0.717, 1.165) is 101 Å². The molecule has 9 heteroatoms. The van der Waals surface area contributed by atoms with E-state index in [0.29, 0.717) is 42.8 Å². The number of ether oxygens (including phenoxy) is 3. The van der Waals surface area contributed by atoms with E-state index >= 15 is 0 Å². The summed E-state index contributed by atoms with van der Waals surface area (Å²) in [6.45, 7) is 6.61. The highest BCUT2D eigenvalue weighted by Crippen LogP contribution is 2.47. The molecule has 7 rings (SSSR count). The van der Waals surface area contributed by atoms with Crippen LogP contribution in [-0.2, 0) is 31.0 Å². The van der Waals surface area contributed by atoms with Crippen molar-refractivity contribution in [1.82, 2.24) is 4.72 Å². The molecule has 3 aliphatic heterocycles. The molecule has 1 amide bonds. The van der Waals surface area contributed by atoms with Crippen molar-refractivity contribution in [2.45, 2.75) is 87.9 Å². The van der Waals surface area contributed by atoms with Crippen molar-refractivity contribution in [1.29, 1.82) is 0 Å². The van der Waals surface area contributed by atoms with Crippen molar-refractivity contribution in [3.05, 3.63) is 70.3 Å². The number of anilines is 1. The summed E-state index contributed by atoms with van der Waals surface area (Å²) in [4.78, 5) is 16.2. The predicted octanol–water partition coefficient (Wildman–Crippen LogP) is 7.14. The van der Waals surface area contributed by atoms with Crippen LogP contribution in [0.15, 0.2) is 48.6 Å². The standard InChI is InChI=1S/C39H51ClN2O5S/c1-3-32-8-4-5-9-36(46-24-27-16-19-45-20-17-27)33-13-10-30(33)23-42-25-39(18-6-7-28-21-31(40)12-14-34(28)39)26-47-37-15-11-29(22-35(37)42)38(43)41-48(32,2)44/h5,9,11-12,14-15,21-22,27,30,32-33,36H,2-4,6-8,10,13,16-20,23-26H2,1H3,(H,41,43,44)/b9-5+/t30-,32+,33+,36-,39-,48?/m0/s1. The first-order chi connectivity index (χ1) is 23.2. The van der Waals surface area contributed by atoms with Gasteiger partial charge in [-0.25, -0.2) is 4.21 Å². The van der Waals surface area contributed by atoms with E-state index in [1.807, 2.05) is 25.1 Å². The van der Waals surface area contributed by atoms with Gasteiger partial charge in [0.05, 0.1) is 34.7 Å². The number of carbonyl (C=O) groups is 1. The number of rotatable bonds is 4. The van der Waals surface area contributed by atoms with Crippen LogP contribution in [-0.4, -0.2) is 66.9 Å². The Morgan fingerprint density at radius 2 is 1.98 bits per heavy atom. The lowest BCUT2D eigenvalue weighted by Gasteiger charge is -2.46. The lowest BCUT2D eigenvalue weighted by Crippen LogP contribution is -2.49. The number of carbonyl (C=O) groups excluding carboxylic acids is 1. The molecule has 260 valence electrons. The summed E-state index contributed by atoms with van der Waals surface area (Å²) in [5.41, 5.74) is 3.84. The molecule has 3 heterocycles. The average molecular weight is 695 g/mol. The molecular weight excluding hydrogens is 644 g/mol. The van der Waals surface area contributed by atoms with Crippen molar-refractivity contribution in [2.24, 2.45) is 17.8 Å². The lowest BCUT2D eigenvalue weighted by atomic mass is 9.68. The van der Waals surface area contributed by atoms with Gasteiger partial charge in [-0.05, 0) is 129 Å². The van der Waals surface area contributed by atoms with Gasteiger partial charge in [-0.15, -0.1) is 0 Å². The number of fused-ring (bicyclic) bond motifs is 4. The third kappa shape index (κ3) is 7.05. The number of hydrogen-bond donors (Lipinski definition) is 1. The zero-order valence-electron chi connectivity index (χ0n) is 28.3. The Morgan fingerprint density at radius 1 is 1.12 bits per heavy atom. The lowest BCUT2D eigenvalue weighted by molar-refractivity contribution is -0.0450. The highest BCUT2D eigenvalue weighted by atomic mass is 35.5. The zero-order chi connectivity index (χ0) is 33.3. The molecule has 2 aromatic carbocycles. The molecule has 2 fully saturated rings. The minimum atomic E-state index is -2.88. The second-order valence-electron chi connectivity index (χ2n) is 14.8. The average Bonchev–Trinajstić information content (AvgIpc) is 3.21. The van der Waals surface area contributed by atoms with Crippen LogP contribution in [0.3, 0.4) is 0 Å². The third-order valence-electron chi connectivity index (χ3n) is 11.8. The summed E-state index contributed by atoms with van der Waals surface area (Å²) in [6.07, 6.45) is 14.1. The summed E-state index contributed by atoms with van der Waals surface area (Å²) < 4.78 is 35.8. The second kappa shape index (κ2) is 14.4. The van der Waals surface area contributed by atoms with E-state index in [1.165, 1.54) is 11.1 Å². The minimum absolute atomic E-state index is 0.0314. The van der Waals surface area contributed by atoms with Crippen LogP contribution < -0.4 is 14.4 Å². The number of halogens is 1. The number of nitrogens with zero attached hydrogens (tertiary/aromatic N) is 1. The van der Waals surface area contributed by atoms with Crippen LogP contribution in [0.4, 0.5) is 5.69 Å². The van der Waals surface area contributed by atoms with E-state index < -0.39 is 9.71 Å². The maximum atomic E-state index is 13.9. The Bertz CT molecular complexity index is 1620. The molecule has 2 bridgehead atoms. The van der Waals surface area contributed by atoms with Gasteiger partial charge in [0, 0.05) is 47.6 Å². The molecule has 7 nitrogen and oxygen atoms in total. The van der Waals surface area contributed by atoms with Gasteiger partial charge in [-0.2, -0.15) is 0 Å². The monoisotopic (exact) mass is 694 g/mol. The van der Waals surface area contributed by atoms with E-state index in [-0.39, 0.29) is 22.7 Å². The Labute approximate surface area is 291 Å². The van der Waals surface area contributed by atoms with Crippen molar-refractivity contribution in [3.8, 4) is 5.75 Å². The van der Waals surface area contributed by atoms with Gasteiger partial charge in [0.15, 0.2) is 0 Å². The molecule has 1 unspecified atom stereocenters. The quantitative estimate of drug-likeness (QED) is 0.271. The molecule has 2 aliphatic carbocycles. The van der Waals surface area contributed by atoms with Crippen LogP contribution in [0, 0.1) is 17.8 Å². The van der Waals surface area contributed by atoms with Crippen molar-refractivity contribution < 1.29 is 23.2 Å². The Kier molecular flexibility index (Phi) is 10.2. The van der Waals surface area contributed by atoms with Gasteiger partial charge in [0.1, 0.15) is 5.75 Å². The molecule has 1 saturated heterocycles. The van der Waals surface area contributed by atoms with Crippen molar-refractivity contribution >= 4 is 38.8 Å². The van der Waals surface area contributed by atoms with Crippen LogP contribution in [0.2, 0.25) is 5.02 Å². The van der Waals surface area contributed by atoms with E-state index in [2.05, 4.69) is 39.8 Å². The highest BCUT2D eigenvalue weighted by molar-refractivity contribution is 7.99. The smallest absolute Gasteiger partial charge is 0.262 e. The molecule has 2 aromatic rings. The second-order valence-corrected chi connectivity index (χ2v) is 17.6. The van der Waals surface area contributed by atoms with E-state index in [1.54, 1.807) is 6.07 Å². The number of aryl methyl sites for hydroxylation is 1. The molecule has 5 aliphatic rings. The van der Waals surface area contributed by atoms with Crippen molar-refractivity contribution in [2.75, 3.05) is 44.4 Å². The number of amides is 1. The Morgan fingerprint density at radius 3 is 2.77 bits per heavy atom. The fraction of sp³-hybridized carbons (Fsp3) is 0.590. The summed E-state index contributed by atoms with van der Waals surface area (Å²) in [5, 5.41) is 0.547. The van der Waals surface area contributed by atoms with Crippen LogP contribution >= 0.6 is 11.6 Å². The summed E-state index contributed by atoms with van der Waals surface area (Å²) >= 11 is 6.48. The number of benzene rings is 2. The van der Waals surface area contributed by atoms with Crippen LogP contribution in [0.1, 0.15) is 86.2 Å². The topological polar surface area (TPSA) is 77.1 Å². The van der Waals surface area contributed by atoms with E-state index in [4.69, 9.17) is 25.8 Å². The third-order valence-corrected chi connectivity index (χ3v) is 14.2. The normalized spacial score (nSPS) is 33.4. The molecule has 1 spiro atoms.